The molecule has 1 unspecified atom stereocenters. The van der Waals surface area contributed by atoms with Gasteiger partial charge < -0.3 is 15.2 Å². The van der Waals surface area contributed by atoms with E-state index >= 15 is 0 Å². The minimum Gasteiger partial charge on any atom is -0.491 e. The molecule has 2 aliphatic rings. The Labute approximate surface area is 125 Å². The first-order valence-electron chi connectivity index (χ1n) is 7.37. The van der Waals surface area contributed by atoms with Crippen molar-refractivity contribution in [3.05, 3.63) is 29.8 Å². The standard InChI is InChI=1S/C16H21NO2S/c17-15(20)12-3-5-13(6-4-12)18-11-14-7-10-16(19-14)8-1-2-9-16/h3-6,14H,1-2,7-11H2,(H2,17,20). The largest absolute Gasteiger partial charge is 0.491 e. The highest BCUT2D eigenvalue weighted by atomic mass is 32.1. The number of nitrogens with two attached hydrogens (primary N) is 1. The summed E-state index contributed by atoms with van der Waals surface area (Å²) in [5.74, 6) is 0.848. The Bertz CT molecular complexity index is 480. The lowest BCUT2D eigenvalue weighted by molar-refractivity contribution is -0.0508. The number of rotatable bonds is 4. The molecule has 3 nitrogen and oxygen atoms in total. The normalized spacial score (nSPS) is 24.1. The van der Waals surface area contributed by atoms with Crippen LogP contribution in [-0.4, -0.2) is 23.3 Å². The van der Waals surface area contributed by atoms with Crippen molar-refractivity contribution in [3.63, 3.8) is 0 Å². The molecule has 1 aliphatic carbocycles. The Hall–Kier alpha value is -1.13. The zero-order valence-corrected chi connectivity index (χ0v) is 12.5. The SMILES string of the molecule is NC(=S)c1ccc(OCC2CCC3(CCCC3)O2)cc1. The molecule has 4 heteroatoms. The highest BCUT2D eigenvalue weighted by molar-refractivity contribution is 7.80. The third kappa shape index (κ3) is 2.96. The molecule has 0 bridgehead atoms. The fraction of sp³-hybridized carbons (Fsp3) is 0.562. The first kappa shape index (κ1) is 13.8. The number of thiocarbonyl (C=S) groups is 1. The van der Waals surface area contributed by atoms with Crippen LogP contribution < -0.4 is 10.5 Å². The van der Waals surface area contributed by atoms with Crippen molar-refractivity contribution in [2.75, 3.05) is 6.61 Å². The van der Waals surface area contributed by atoms with E-state index in [9.17, 15) is 0 Å². The van der Waals surface area contributed by atoms with Crippen LogP contribution in [0.15, 0.2) is 24.3 Å². The lowest BCUT2D eigenvalue weighted by atomic mass is 9.98. The summed E-state index contributed by atoms with van der Waals surface area (Å²) in [7, 11) is 0. The van der Waals surface area contributed by atoms with Crippen molar-refractivity contribution in [3.8, 4) is 5.75 Å². The van der Waals surface area contributed by atoms with Crippen LogP contribution in [0.1, 0.15) is 44.1 Å². The van der Waals surface area contributed by atoms with Crippen molar-refractivity contribution < 1.29 is 9.47 Å². The summed E-state index contributed by atoms with van der Waals surface area (Å²) < 4.78 is 12.0. The predicted molar refractivity (Wildman–Crippen MR) is 83.1 cm³/mol. The van der Waals surface area contributed by atoms with E-state index < -0.39 is 0 Å². The smallest absolute Gasteiger partial charge is 0.119 e. The van der Waals surface area contributed by atoms with E-state index in [0.29, 0.717) is 11.6 Å². The van der Waals surface area contributed by atoms with Crippen LogP contribution in [0.4, 0.5) is 0 Å². The van der Waals surface area contributed by atoms with E-state index in [4.69, 9.17) is 27.4 Å². The fourth-order valence-electron chi connectivity index (χ4n) is 3.30. The molecule has 20 heavy (non-hydrogen) atoms. The molecule has 1 spiro atoms. The minimum atomic E-state index is 0.184. The van der Waals surface area contributed by atoms with E-state index in [2.05, 4.69) is 0 Å². The van der Waals surface area contributed by atoms with E-state index in [-0.39, 0.29) is 11.7 Å². The van der Waals surface area contributed by atoms with Crippen LogP contribution >= 0.6 is 12.2 Å². The molecule has 0 amide bonds. The molecule has 1 aromatic carbocycles. The van der Waals surface area contributed by atoms with Gasteiger partial charge in [-0.05, 0) is 49.9 Å². The van der Waals surface area contributed by atoms with Crippen molar-refractivity contribution in [2.24, 2.45) is 5.73 Å². The third-order valence-electron chi connectivity index (χ3n) is 4.43. The maximum Gasteiger partial charge on any atom is 0.119 e. The van der Waals surface area contributed by atoms with Gasteiger partial charge in [0.15, 0.2) is 0 Å². The van der Waals surface area contributed by atoms with Crippen LogP contribution in [0.25, 0.3) is 0 Å². The second-order valence-corrected chi connectivity index (χ2v) is 6.31. The summed E-state index contributed by atoms with van der Waals surface area (Å²) in [5, 5.41) is 0. The molecule has 108 valence electrons. The van der Waals surface area contributed by atoms with E-state index in [1.807, 2.05) is 24.3 Å². The second-order valence-electron chi connectivity index (χ2n) is 5.87. The van der Waals surface area contributed by atoms with Crippen molar-refractivity contribution in [2.45, 2.75) is 50.2 Å². The number of hydrogen-bond donors (Lipinski definition) is 1. The summed E-state index contributed by atoms with van der Waals surface area (Å²) in [6.07, 6.45) is 7.63. The zero-order valence-electron chi connectivity index (χ0n) is 11.6. The Kier molecular flexibility index (Phi) is 3.94. The Morgan fingerprint density at radius 2 is 1.95 bits per heavy atom. The maximum atomic E-state index is 6.23. The van der Waals surface area contributed by atoms with Gasteiger partial charge in [-0.1, -0.05) is 25.1 Å². The predicted octanol–water partition coefficient (Wildman–Crippen LogP) is 3.19. The molecule has 1 heterocycles. The first-order valence-corrected chi connectivity index (χ1v) is 7.78. The zero-order chi connectivity index (χ0) is 14.0. The van der Waals surface area contributed by atoms with E-state index in [0.717, 1.165) is 17.7 Å². The number of hydrogen-bond acceptors (Lipinski definition) is 3. The molecule has 0 radical (unpaired) electrons. The van der Waals surface area contributed by atoms with Crippen LogP contribution in [0, 0.1) is 0 Å². The van der Waals surface area contributed by atoms with Crippen LogP contribution in [-0.2, 0) is 4.74 Å². The lowest BCUT2D eigenvalue weighted by Crippen LogP contribution is -2.27. The molecule has 1 atom stereocenters. The van der Waals surface area contributed by atoms with Gasteiger partial charge in [-0.3, -0.25) is 0 Å². The summed E-state index contributed by atoms with van der Waals surface area (Å²) in [6.45, 7) is 0.633. The Morgan fingerprint density at radius 3 is 2.60 bits per heavy atom. The van der Waals surface area contributed by atoms with Gasteiger partial charge in [0.1, 0.15) is 17.3 Å². The first-order chi connectivity index (χ1) is 9.67. The van der Waals surface area contributed by atoms with Crippen molar-refractivity contribution in [1.29, 1.82) is 0 Å². The van der Waals surface area contributed by atoms with Crippen molar-refractivity contribution in [1.82, 2.24) is 0 Å². The maximum absolute atomic E-state index is 6.23. The van der Waals surface area contributed by atoms with E-state index in [1.165, 1.54) is 32.1 Å². The molecule has 2 N–H and O–H groups in total. The molecule has 3 rings (SSSR count). The average molecular weight is 291 g/mol. The molecule has 1 saturated heterocycles. The van der Waals surface area contributed by atoms with Crippen LogP contribution in [0.2, 0.25) is 0 Å². The summed E-state index contributed by atoms with van der Waals surface area (Å²) >= 11 is 4.93. The molecule has 2 fully saturated rings. The molecule has 1 saturated carbocycles. The summed E-state index contributed by atoms with van der Waals surface area (Å²) in [4.78, 5) is 0.416. The second kappa shape index (κ2) is 5.70. The van der Waals surface area contributed by atoms with Crippen LogP contribution in [0.5, 0.6) is 5.75 Å². The average Bonchev–Trinajstić information content (AvgIpc) is 3.08. The quantitative estimate of drug-likeness (QED) is 0.865. The van der Waals surface area contributed by atoms with Gasteiger partial charge in [0.2, 0.25) is 0 Å². The summed E-state index contributed by atoms with van der Waals surface area (Å²) in [5.41, 5.74) is 6.63. The number of benzene rings is 1. The van der Waals surface area contributed by atoms with Gasteiger partial charge in [-0.25, -0.2) is 0 Å². The number of ether oxygens (including phenoxy) is 2. The third-order valence-corrected chi connectivity index (χ3v) is 4.66. The van der Waals surface area contributed by atoms with Gasteiger partial charge >= 0.3 is 0 Å². The highest BCUT2D eigenvalue weighted by Gasteiger charge is 2.42. The topological polar surface area (TPSA) is 44.5 Å². The van der Waals surface area contributed by atoms with Gasteiger partial charge in [0.25, 0.3) is 0 Å². The Balaban J connectivity index is 1.51. The monoisotopic (exact) mass is 291 g/mol. The molecule has 1 aromatic rings. The van der Waals surface area contributed by atoms with Crippen LogP contribution in [0.3, 0.4) is 0 Å². The van der Waals surface area contributed by atoms with Crippen molar-refractivity contribution >= 4 is 17.2 Å². The summed E-state index contributed by atoms with van der Waals surface area (Å²) in [6, 6.07) is 7.61. The molecule has 1 aliphatic heterocycles. The van der Waals surface area contributed by atoms with Gasteiger partial charge in [-0.2, -0.15) is 0 Å². The van der Waals surface area contributed by atoms with Gasteiger partial charge in [-0.15, -0.1) is 0 Å². The fourth-order valence-corrected chi connectivity index (χ4v) is 3.44. The molecular weight excluding hydrogens is 270 g/mol. The molecule has 0 aromatic heterocycles. The van der Waals surface area contributed by atoms with E-state index in [1.54, 1.807) is 0 Å². The Morgan fingerprint density at radius 1 is 1.25 bits per heavy atom. The minimum absolute atomic E-state index is 0.184. The lowest BCUT2D eigenvalue weighted by Gasteiger charge is -2.23. The highest BCUT2D eigenvalue weighted by Crippen LogP contribution is 2.43. The molecular formula is C16H21NO2S. The van der Waals surface area contributed by atoms with Gasteiger partial charge in [0, 0.05) is 5.56 Å². The van der Waals surface area contributed by atoms with Gasteiger partial charge in [0.05, 0.1) is 11.7 Å².